The van der Waals surface area contributed by atoms with Gasteiger partial charge in [-0.15, -0.1) is 0 Å². The summed E-state index contributed by atoms with van der Waals surface area (Å²) in [4.78, 5) is 18.5. The fourth-order valence-electron chi connectivity index (χ4n) is 7.09. The summed E-state index contributed by atoms with van der Waals surface area (Å²) in [5.74, 6) is 2.74. The average Bonchev–Trinajstić information content (AvgIpc) is 3.27. The summed E-state index contributed by atoms with van der Waals surface area (Å²) in [6.45, 7) is 10.4. The maximum Gasteiger partial charge on any atom is 0.167 e. The molecule has 1 aromatic heterocycles. The number of ketones is 1. The van der Waals surface area contributed by atoms with Crippen molar-refractivity contribution < 1.29 is 14.3 Å². The smallest absolute Gasteiger partial charge is 0.167 e. The lowest BCUT2D eigenvalue weighted by atomic mass is 9.44. The Morgan fingerprint density at radius 1 is 1.12 bits per heavy atom. The molecule has 5 unspecified atom stereocenters. The molecule has 2 saturated carbocycles. The van der Waals surface area contributed by atoms with E-state index in [4.69, 9.17) is 9.47 Å². The van der Waals surface area contributed by atoms with Gasteiger partial charge in [-0.05, 0) is 60.0 Å². The lowest BCUT2D eigenvalue weighted by Gasteiger charge is -2.60. The molecule has 1 heterocycles. The van der Waals surface area contributed by atoms with E-state index in [-0.39, 0.29) is 28.4 Å². The number of methoxy groups -OCH3 is 2. The van der Waals surface area contributed by atoms with Crippen LogP contribution in [0.4, 0.5) is 0 Å². The van der Waals surface area contributed by atoms with Gasteiger partial charge in [0.15, 0.2) is 5.78 Å². The molecule has 0 radical (unpaired) electrons. The number of hydrogen-bond donors (Lipinski definition) is 0. The highest BCUT2D eigenvalue weighted by Gasteiger charge is 2.58. The second kappa shape index (κ2) is 8.57. The number of benzene rings is 1. The van der Waals surface area contributed by atoms with Gasteiger partial charge >= 0.3 is 0 Å². The number of aromatic nitrogens is 2. The van der Waals surface area contributed by atoms with Gasteiger partial charge in [-0.25, -0.2) is 4.98 Å². The Hall–Kier alpha value is -2.30. The van der Waals surface area contributed by atoms with Crippen LogP contribution in [0.3, 0.4) is 0 Å². The molecule has 0 saturated heterocycles. The summed E-state index contributed by atoms with van der Waals surface area (Å²) < 4.78 is 13.1. The van der Waals surface area contributed by atoms with Crippen LogP contribution in [-0.2, 0) is 6.54 Å². The predicted octanol–water partition coefficient (Wildman–Crippen LogP) is 5.89. The molecule has 0 bridgehead atoms. The van der Waals surface area contributed by atoms with E-state index in [2.05, 4.69) is 37.2 Å². The lowest BCUT2D eigenvalue weighted by molar-refractivity contribution is -0.104. The van der Waals surface area contributed by atoms with E-state index in [9.17, 15) is 4.79 Å². The summed E-state index contributed by atoms with van der Waals surface area (Å²) in [7, 11) is 3.27. The van der Waals surface area contributed by atoms with Gasteiger partial charge in [-0.1, -0.05) is 34.1 Å². The van der Waals surface area contributed by atoms with Crippen molar-refractivity contribution in [2.75, 3.05) is 14.2 Å². The molecule has 2 aromatic rings. The van der Waals surface area contributed by atoms with Gasteiger partial charge in [0.05, 0.1) is 20.5 Å². The molecule has 0 aliphatic heterocycles. The van der Waals surface area contributed by atoms with Gasteiger partial charge in [0, 0.05) is 36.5 Å². The highest BCUT2D eigenvalue weighted by molar-refractivity contribution is 5.99. The molecule has 2 aliphatic rings. The maximum absolute atomic E-state index is 14.2. The first kappa shape index (κ1) is 22.9. The quantitative estimate of drug-likeness (QED) is 0.528. The first-order valence-electron chi connectivity index (χ1n) is 11.9. The van der Waals surface area contributed by atoms with Crippen molar-refractivity contribution in [2.45, 2.75) is 59.9 Å². The van der Waals surface area contributed by atoms with Crippen LogP contribution in [-0.4, -0.2) is 29.6 Å². The molecule has 2 aliphatic carbocycles. The first-order chi connectivity index (χ1) is 15.2. The zero-order valence-electron chi connectivity index (χ0n) is 20.4. The summed E-state index contributed by atoms with van der Waals surface area (Å²) in [5, 5.41) is 0. The van der Waals surface area contributed by atoms with Crippen molar-refractivity contribution in [1.29, 1.82) is 0 Å². The van der Waals surface area contributed by atoms with Crippen LogP contribution in [0.1, 0.15) is 63.7 Å². The van der Waals surface area contributed by atoms with Gasteiger partial charge in [0.1, 0.15) is 11.5 Å². The highest BCUT2D eigenvalue weighted by atomic mass is 16.5. The number of nitrogens with zero attached hydrogens (tertiary/aromatic N) is 2. The third kappa shape index (κ3) is 3.95. The molecule has 4 rings (SSSR count). The van der Waals surface area contributed by atoms with Crippen LogP contribution in [0, 0.1) is 34.5 Å². The van der Waals surface area contributed by atoms with E-state index in [1.165, 1.54) is 12.8 Å². The predicted molar refractivity (Wildman–Crippen MR) is 126 cm³/mol. The lowest BCUT2D eigenvalue weighted by Crippen LogP contribution is -2.56. The van der Waals surface area contributed by atoms with Gasteiger partial charge in [-0.2, -0.15) is 0 Å². The second-order valence-corrected chi connectivity index (χ2v) is 11.0. The molecule has 5 nitrogen and oxygen atoms in total. The van der Waals surface area contributed by atoms with Crippen molar-refractivity contribution in [3.63, 3.8) is 0 Å². The maximum atomic E-state index is 14.2. The van der Waals surface area contributed by atoms with E-state index in [0.717, 1.165) is 19.4 Å². The minimum Gasteiger partial charge on any atom is -0.497 e. The number of carbonyl (C=O) groups excluding carboxylic acids is 1. The monoisotopic (exact) mass is 438 g/mol. The summed E-state index contributed by atoms with van der Waals surface area (Å²) in [5.41, 5.74) is 0.912. The van der Waals surface area contributed by atoms with E-state index in [1.54, 1.807) is 14.2 Å². The van der Waals surface area contributed by atoms with Crippen molar-refractivity contribution in [3.8, 4) is 11.5 Å². The van der Waals surface area contributed by atoms with Crippen molar-refractivity contribution in [1.82, 2.24) is 9.55 Å². The Bertz CT molecular complexity index is 930. The molecule has 174 valence electrons. The summed E-state index contributed by atoms with van der Waals surface area (Å²) >= 11 is 0. The minimum atomic E-state index is -0.0360. The molecule has 0 amide bonds. The number of hydrogen-bond acceptors (Lipinski definition) is 4. The van der Waals surface area contributed by atoms with Crippen LogP contribution in [0.2, 0.25) is 0 Å². The molecule has 5 atom stereocenters. The first-order valence-corrected chi connectivity index (χ1v) is 11.9. The van der Waals surface area contributed by atoms with E-state index >= 15 is 0 Å². The number of carbonyl (C=O) groups is 1. The molecular formula is C27H38N2O3. The number of imidazole rings is 1. The fraction of sp³-hybridized carbons (Fsp3) is 0.630. The minimum absolute atomic E-state index is 0.0139. The Balaban J connectivity index is 1.77. The van der Waals surface area contributed by atoms with Crippen molar-refractivity contribution in [2.24, 2.45) is 34.5 Å². The molecular weight excluding hydrogens is 400 g/mol. The SMILES string of the molecule is COc1cc(OC)cc(C(=O)C2C(C)C(Cn3ccnc3)CC3C(C)(C)CCCC23C)c1. The molecule has 32 heavy (non-hydrogen) atoms. The topological polar surface area (TPSA) is 53.4 Å². The Labute approximate surface area is 192 Å². The van der Waals surface area contributed by atoms with Gasteiger partial charge in [0.2, 0.25) is 0 Å². The molecule has 0 N–H and O–H groups in total. The van der Waals surface area contributed by atoms with Crippen LogP contribution in [0.5, 0.6) is 11.5 Å². The van der Waals surface area contributed by atoms with E-state index in [0.29, 0.717) is 28.9 Å². The zero-order valence-corrected chi connectivity index (χ0v) is 20.4. The van der Waals surface area contributed by atoms with Crippen molar-refractivity contribution >= 4 is 5.78 Å². The molecule has 2 fully saturated rings. The normalized spacial score (nSPS) is 31.6. The number of Topliss-reactive ketones (excluding diaryl/α,β-unsaturated/α-hetero) is 1. The molecule has 1 aromatic carbocycles. The molecule has 5 heteroatoms. The highest BCUT2D eigenvalue weighted by Crippen LogP contribution is 2.63. The number of ether oxygens (including phenoxy) is 2. The van der Waals surface area contributed by atoms with Gasteiger partial charge in [-0.3, -0.25) is 4.79 Å². The Morgan fingerprint density at radius 2 is 1.81 bits per heavy atom. The number of rotatable bonds is 6. The van der Waals surface area contributed by atoms with Gasteiger partial charge < -0.3 is 14.0 Å². The third-order valence-electron chi connectivity index (χ3n) is 8.72. The largest absolute Gasteiger partial charge is 0.497 e. The number of fused-ring (bicyclic) bond motifs is 1. The van der Waals surface area contributed by atoms with E-state index in [1.807, 2.05) is 36.9 Å². The summed E-state index contributed by atoms with van der Waals surface area (Å²) in [6.07, 6.45) is 10.5. The van der Waals surface area contributed by atoms with Crippen LogP contribution in [0.25, 0.3) is 0 Å². The third-order valence-corrected chi connectivity index (χ3v) is 8.72. The molecule has 0 spiro atoms. The zero-order chi connectivity index (χ0) is 23.1. The van der Waals surface area contributed by atoms with Gasteiger partial charge in [0.25, 0.3) is 0 Å². The van der Waals surface area contributed by atoms with E-state index < -0.39 is 0 Å². The standard InChI is InChI=1S/C27H38N2O3/c1-18-20(16-29-11-10-28-17-29)14-23-26(2,3)8-7-9-27(23,4)24(18)25(30)19-12-21(31-5)15-22(13-19)32-6/h10-13,15,17-18,20,23-24H,7-9,14,16H2,1-6H3. The average molecular weight is 439 g/mol. The van der Waals surface area contributed by atoms with Crippen LogP contribution >= 0.6 is 0 Å². The Morgan fingerprint density at radius 3 is 2.41 bits per heavy atom. The summed E-state index contributed by atoms with van der Waals surface area (Å²) in [6, 6.07) is 5.59. The van der Waals surface area contributed by atoms with Crippen molar-refractivity contribution in [3.05, 3.63) is 42.5 Å². The van der Waals surface area contributed by atoms with Crippen LogP contribution in [0.15, 0.2) is 36.9 Å². The van der Waals surface area contributed by atoms with Crippen LogP contribution < -0.4 is 9.47 Å². The fourth-order valence-corrected chi connectivity index (χ4v) is 7.09. The second-order valence-electron chi connectivity index (χ2n) is 11.0. The Kier molecular flexibility index (Phi) is 6.12.